The number of methoxy groups -OCH3 is 1. The Hall–Kier alpha value is -4.91. The van der Waals surface area contributed by atoms with E-state index in [4.69, 9.17) is 9.47 Å². The van der Waals surface area contributed by atoms with Crippen LogP contribution in [-0.4, -0.2) is 33.3 Å². The number of aromatic hydroxyl groups is 4. The summed E-state index contributed by atoms with van der Waals surface area (Å²) in [6.07, 6.45) is 5.07. The molecular weight excluding hydrogens is 520 g/mol. The van der Waals surface area contributed by atoms with Crippen molar-refractivity contribution in [2.75, 3.05) is 7.11 Å². The minimum atomic E-state index is -0.498. The van der Waals surface area contributed by atoms with Gasteiger partial charge in [0.05, 0.1) is 7.11 Å². The second-order valence-corrected chi connectivity index (χ2v) is 10.2. The summed E-state index contributed by atoms with van der Waals surface area (Å²) in [6.45, 7) is 0. The summed E-state index contributed by atoms with van der Waals surface area (Å²) >= 11 is 0. The van der Waals surface area contributed by atoms with Crippen molar-refractivity contribution in [3.63, 3.8) is 0 Å². The Bertz CT molecular complexity index is 1540. The van der Waals surface area contributed by atoms with Gasteiger partial charge in [-0.3, -0.25) is 4.79 Å². The summed E-state index contributed by atoms with van der Waals surface area (Å²) in [7, 11) is 1.59. The van der Waals surface area contributed by atoms with Gasteiger partial charge in [-0.15, -0.1) is 0 Å². The minimum Gasteiger partial charge on any atom is -0.508 e. The van der Waals surface area contributed by atoms with Crippen LogP contribution in [0.4, 0.5) is 0 Å². The molecule has 0 saturated heterocycles. The number of ether oxygens (including phenoxy) is 2. The molecule has 41 heavy (non-hydrogen) atoms. The lowest BCUT2D eigenvalue weighted by Gasteiger charge is -2.35. The first-order valence-electron chi connectivity index (χ1n) is 13.5. The van der Waals surface area contributed by atoms with Gasteiger partial charge in [-0.05, 0) is 72.4 Å². The van der Waals surface area contributed by atoms with Gasteiger partial charge in [0, 0.05) is 24.0 Å². The van der Waals surface area contributed by atoms with Crippen LogP contribution in [0.15, 0.2) is 84.9 Å². The van der Waals surface area contributed by atoms with Gasteiger partial charge in [0.25, 0.3) is 0 Å². The average molecular weight is 553 g/mol. The zero-order chi connectivity index (χ0) is 28.9. The fourth-order valence-electron chi connectivity index (χ4n) is 5.21. The topological polar surface area (TPSA) is 116 Å². The number of fused-ring (bicyclic) bond motifs is 1. The largest absolute Gasteiger partial charge is 0.508 e. The summed E-state index contributed by atoms with van der Waals surface area (Å²) < 4.78 is 11.7. The van der Waals surface area contributed by atoms with Gasteiger partial charge in [-0.2, -0.15) is 0 Å². The molecule has 4 N–H and O–H groups in total. The summed E-state index contributed by atoms with van der Waals surface area (Å²) in [6, 6.07) is 22.3. The Morgan fingerprint density at radius 2 is 1.56 bits per heavy atom. The van der Waals surface area contributed by atoms with Crippen molar-refractivity contribution < 1.29 is 34.7 Å². The molecule has 2 atom stereocenters. The number of rotatable bonds is 9. The van der Waals surface area contributed by atoms with Crippen molar-refractivity contribution >= 4 is 11.9 Å². The minimum absolute atomic E-state index is 0.0631. The van der Waals surface area contributed by atoms with Gasteiger partial charge in [0.1, 0.15) is 46.2 Å². The third-order valence-electron chi connectivity index (χ3n) is 7.42. The van der Waals surface area contributed by atoms with Gasteiger partial charge in [0.2, 0.25) is 0 Å². The molecular formula is C34H32O7. The van der Waals surface area contributed by atoms with Crippen molar-refractivity contribution in [3.8, 4) is 34.5 Å². The first-order chi connectivity index (χ1) is 19.8. The zero-order valence-corrected chi connectivity index (χ0v) is 22.7. The molecule has 0 aromatic heterocycles. The molecule has 4 aromatic rings. The SMILES string of the molecule is COc1ccc(CCC(=O)c2c(O)cc(O)c3c2O[C@H](c2ccc(O)cc2)[C@H](C/C=C/c2ccc(O)cc2)C3)cc1. The summed E-state index contributed by atoms with van der Waals surface area (Å²) in [5.41, 5.74) is 3.23. The number of allylic oxidation sites excluding steroid dienone is 1. The van der Waals surface area contributed by atoms with E-state index in [0.29, 0.717) is 24.8 Å². The van der Waals surface area contributed by atoms with E-state index in [1.54, 1.807) is 43.5 Å². The van der Waals surface area contributed by atoms with Crippen molar-refractivity contribution in [2.45, 2.75) is 31.8 Å². The molecule has 1 aliphatic heterocycles. The lowest BCUT2D eigenvalue weighted by atomic mass is 9.82. The van der Waals surface area contributed by atoms with Crippen molar-refractivity contribution in [3.05, 3.63) is 113 Å². The number of ketones is 1. The van der Waals surface area contributed by atoms with E-state index in [1.165, 1.54) is 6.07 Å². The van der Waals surface area contributed by atoms with E-state index in [0.717, 1.165) is 22.4 Å². The number of phenolic OH excluding ortho intramolecular Hbond substituents is 4. The Morgan fingerprint density at radius 1 is 0.902 bits per heavy atom. The third kappa shape index (κ3) is 6.30. The van der Waals surface area contributed by atoms with E-state index in [9.17, 15) is 25.2 Å². The number of Topliss-reactive ketones (excluding diaryl/α,β-unsaturated/α-hetero) is 1. The normalized spacial score (nSPS) is 16.2. The molecule has 0 fully saturated rings. The summed E-state index contributed by atoms with van der Waals surface area (Å²) in [5.74, 6) is 0.392. The van der Waals surface area contributed by atoms with Gasteiger partial charge in [-0.25, -0.2) is 0 Å². The molecule has 5 rings (SSSR count). The van der Waals surface area contributed by atoms with Gasteiger partial charge < -0.3 is 29.9 Å². The van der Waals surface area contributed by atoms with Crippen LogP contribution in [0, 0.1) is 5.92 Å². The Balaban J connectivity index is 1.44. The maximum Gasteiger partial charge on any atom is 0.170 e. The second kappa shape index (κ2) is 12.1. The fourth-order valence-corrected chi connectivity index (χ4v) is 5.21. The highest BCUT2D eigenvalue weighted by Gasteiger charge is 2.36. The number of carbonyl (C=O) groups is 1. The van der Waals surface area contributed by atoms with Gasteiger partial charge in [0.15, 0.2) is 5.78 Å². The standard InChI is InChI=1S/C34H32O7/c1-40-27-16-7-22(8-17-27)9-18-29(37)32-31(39)20-30(38)28-19-24(4-2-3-21-5-12-25(35)13-6-21)33(41-34(28)32)23-10-14-26(36)15-11-23/h2-3,5-8,10-17,20,24,33,35-36,38-39H,4,9,18-19H2,1H3/b3-2+/t24-,33-/m1/s1. The lowest BCUT2D eigenvalue weighted by molar-refractivity contribution is 0.0933. The molecule has 1 aliphatic rings. The Labute approximate surface area is 238 Å². The number of carbonyl (C=O) groups excluding carboxylic acids is 1. The van der Waals surface area contributed by atoms with Crippen LogP contribution >= 0.6 is 0 Å². The number of phenols is 4. The van der Waals surface area contributed by atoms with E-state index in [1.807, 2.05) is 48.6 Å². The highest BCUT2D eigenvalue weighted by Crippen LogP contribution is 2.48. The molecule has 0 spiro atoms. The highest BCUT2D eigenvalue weighted by molar-refractivity contribution is 6.02. The molecule has 4 aromatic carbocycles. The quantitative estimate of drug-likeness (QED) is 0.170. The Morgan fingerprint density at radius 3 is 2.22 bits per heavy atom. The first-order valence-corrected chi connectivity index (χ1v) is 13.5. The molecule has 0 saturated carbocycles. The Kier molecular flexibility index (Phi) is 8.15. The molecule has 210 valence electrons. The molecule has 0 aliphatic carbocycles. The predicted molar refractivity (Wildman–Crippen MR) is 156 cm³/mol. The average Bonchev–Trinajstić information content (AvgIpc) is 2.97. The molecule has 0 radical (unpaired) electrons. The number of aryl methyl sites for hydroxylation is 1. The van der Waals surface area contributed by atoms with E-state index in [2.05, 4.69) is 0 Å². The summed E-state index contributed by atoms with van der Waals surface area (Å²) in [5, 5.41) is 41.0. The first kappa shape index (κ1) is 27.6. The van der Waals surface area contributed by atoms with E-state index in [-0.39, 0.29) is 52.4 Å². The number of benzene rings is 4. The number of hydrogen-bond donors (Lipinski definition) is 4. The van der Waals surface area contributed by atoms with Crippen LogP contribution in [0.2, 0.25) is 0 Å². The third-order valence-corrected chi connectivity index (χ3v) is 7.42. The molecule has 7 heteroatoms. The lowest BCUT2D eigenvalue weighted by Crippen LogP contribution is -2.27. The maximum atomic E-state index is 13.5. The van der Waals surface area contributed by atoms with E-state index < -0.39 is 6.10 Å². The maximum absolute atomic E-state index is 13.5. The van der Waals surface area contributed by atoms with Gasteiger partial charge >= 0.3 is 0 Å². The monoisotopic (exact) mass is 552 g/mol. The van der Waals surface area contributed by atoms with Crippen molar-refractivity contribution in [1.82, 2.24) is 0 Å². The van der Waals surface area contributed by atoms with Crippen LogP contribution in [-0.2, 0) is 12.8 Å². The highest BCUT2D eigenvalue weighted by atomic mass is 16.5. The van der Waals surface area contributed by atoms with Gasteiger partial charge in [-0.1, -0.05) is 48.6 Å². The fraction of sp³-hybridized carbons (Fsp3) is 0.206. The van der Waals surface area contributed by atoms with Crippen LogP contribution in [0.1, 0.15) is 51.6 Å². The van der Waals surface area contributed by atoms with E-state index >= 15 is 0 Å². The molecule has 1 heterocycles. The molecule has 0 bridgehead atoms. The van der Waals surface area contributed by atoms with Crippen LogP contribution < -0.4 is 9.47 Å². The van der Waals surface area contributed by atoms with Crippen LogP contribution in [0.25, 0.3) is 6.08 Å². The number of hydrogen-bond acceptors (Lipinski definition) is 7. The predicted octanol–water partition coefficient (Wildman–Crippen LogP) is 6.73. The van der Waals surface area contributed by atoms with Crippen LogP contribution in [0.3, 0.4) is 0 Å². The van der Waals surface area contributed by atoms with Crippen molar-refractivity contribution in [1.29, 1.82) is 0 Å². The molecule has 0 unspecified atom stereocenters. The molecule has 7 nitrogen and oxygen atoms in total. The smallest absolute Gasteiger partial charge is 0.170 e. The second-order valence-electron chi connectivity index (χ2n) is 10.2. The molecule has 0 amide bonds. The van der Waals surface area contributed by atoms with Crippen molar-refractivity contribution in [2.24, 2.45) is 5.92 Å². The zero-order valence-electron chi connectivity index (χ0n) is 22.7. The van der Waals surface area contributed by atoms with Crippen LogP contribution in [0.5, 0.6) is 34.5 Å². The summed E-state index contributed by atoms with van der Waals surface area (Å²) in [4.78, 5) is 13.5.